The number of hydrogen-bond acceptors (Lipinski definition) is 4. The van der Waals surface area contributed by atoms with E-state index in [-0.39, 0.29) is 11.7 Å². The van der Waals surface area contributed by atoms with Gasteiger partial charge in [0.05, 0.1) is 11.9 Å². The number of para-hydroxylation sites is 1. The van der Waals surface area contributed by atoms with Crippen LogP contribution in [0.25, 0.3) is 0 Å². The number of amides is 1. The third-order valence-electron chi connectivity index (χ3n) is 5.02. The van der Waals surface area contributed by atoms with Crippen molar-refractivity contribution in [3.63, 3.8) is 0 Å². The van der Waals surface area contributed by atoms with Gasteiger partial charge in [-0.05, 0) is 17.7 Å². The van der Waals surface area contributed by atoms with Gasteiger partial charge in [0.15, 0.2) is 0 Å². The monoisotopic (exact) mass is 405 g/mol. The zero-order valence-corrected chi connectivity index (χ0v) is 16.8. The number of hydrogen-bond donors (Lipinski definition) is 0. The number of piperazine rings is 1. The third kappa shape index (κ3) is 4.34. The first-order chi connectivity index (χ1) is 13.3. The number of nitrogens with zero attached hydrogens (tertiary/aromatic N) is 3. The van der Waals surface area contributed by atoms with Crippen LogP contribution >= 0.6 is 0 Å². The van der Waals surface area contributed by atoms with Crippen LogP contribution in [0.2, 0.25) is 0 Å². The molecule has 1 atom stereocenters. The molecule has 0 spiro atoms. The predicted octanol–water partition coefficient (Wildman–Crippen LogP) is 2.11. The molecule has 3 rings (SSSR count). The quantitative estimate of drug-likeness (QED) is 0.765. The van der Waals surface area contributed by atoms with Gasteiger partial charge in [0.1, 0.15) is 11.9 Å². The molecule has 1 heterocycles. The molecule has 150 valence electrons. The molecule has 0 N–H and O–H groups in total. The van der Waals surface area contributed by atoms with Crippen LogP contribution in [0.3, 0.4) is 0 Å². The third-order valence-corrected chi connectivity index (χ3v) is 6.28. The van der Waals surface area contributed by atoms with Gasteiger partial charge in [0.25, 0.3) is 0 Å². The first-order valence-electron chi connectivity index (χ1n) is 9.05. The van der Waals surface area contributed by atoms with Gasteiger partial charge in [-0.25, -0.2) is 12.8 Å². The van der Waals surface area contributed by atoms with Gasteiger partial charge in [0, 0.05) is 33.2 Å². The van der Waals surface area contributed by atoms with Crippen LogP contribution in [0.15, 0.2) is 54.6 Å². The van der Waals surface area contributed by atoms with Gasteiger partial charge in [-0.15, -0.1) is 0 Å². The van der Waals surface area contributed by atoms with E-state index < -0.39 is 16.1 Å². The van der Waals surface area contributed by atoms with E-state index in [0.717, 1.165) is 10.6 Å². The maximum Gasteiger partial charge on any atom is 0.245 e. The Morgan fingerprint density at radius 3 is 2.14 bits per heavy atom. The van der Waals surface area contributed by atoms with Crippen LogP contribution in [0.1, 0.15) is 11.6 Å². The van der Waals surface area contributed by atoms with Crippen LogP contribution in [-0.4, -0.2) is 63.0 Å². The van der Waals surface area contributed by atoms with E-state index in [1.54, 1.807) is 47.4 Å². The molecule has 6 nitrogen and oxygen atoms in total. The molecule has 1 aliphatic rings. The van der Waals surface area contributed by atoms with Crippen molar-refractivity contribution in [3.05, 3.63) is 66.0 Å². The highest BCUT2D eigenvalue weighted by molar-refractivity contribution is 7.88. The van der Waals surface area contributed by atoms with Crippen molar-refractivity contribution in [3.8, 4) is 0 Å². The molecule has 0 saturated carbocycles. The number of carbonyl (C=O) groups is 1. The fourth-order valence-corrected chi connectivity index (χ4v) is 3.98. The zero-order chi connectivity index (χ0) is 20.3. The second-order valence-corrected chi connectivity index (χ2v) is 8.90. The SMILES string of the molecule is CN([C@H](C(=O)N1CCN(c2ccccc2F)CC1)c1ccccc1)S(C)(=O)=O. The summed E-state index contributed by atoms with van der Waals surface area (Å²) in [4.78, 5) is 16.8. The molecule has 1 fully saturated rings. The van der Waals surface area contributed by atoms with E-state index in [1.165, 1.54) is 13.1 Å². The van der Waals surface area contributed by atoms with E-state index in [2.05, 4.69) is 0 Å². The van der Waals surface area contributed by atoms with Gasteiger partial charge in [0.2, 0.25) is 15.9 Å². The van der Waals surface area contributed by atoms with Crippen LogP contribution in [0.5, 0.6) is 0 Å². The fraction of sp³-hybridized carbons (Fsp3) is 0.350. The smallest absolute Gasteiger partial charge is 0.245 e. The molecule has 0 radical (unpaired) electrons. The van der Waals surface area contributed by atoms with Gasteiger partial charge in [-0.1, -0.05) is 42.5 Å². The number of anilines is 1. The summed E-state index contributed by atoms with van der Waals surface area (Å²) in [5.41, 5.74) is 1.14. The van der Waals surface area contributed by atoms with Gasteiger partial charge < -0.3 is 9.80 Å². The molecule has 0 bridgehead atoms. The molecule has 2 aromatic carbocycles. The highest BCUT2D eigenvalue weighted by Crippen LogP contribution is 2.26. The molecule has 0 unspecified atom stereocenters. The van der Waals surface area contributed by atoms with Crippen LogP contribution in [0.4, 0.5) is 10.1 Å². The highest BCUT2D eigenvalue weighted by atomic mass is 32.2. The first kappa shape index (κ1) is 20.3. The van der Waals surface area contributed by atoms with E-state index in [9.17, 15) is 17.6 Å². The summed E-state index contributed by atoms with van der Waals surface area (Å²) in [6.07, 6.45) is 1.09. The molecule has 0 aliphatic carbocycles. The second kappa shape index (κ2) is 8.28. The van der Waals surface area contributed by atoms with Crippen LogP contribution < -0.4 is 4.90 Å². The molecule has 1 saturated heterocycles. The number of halogens is 1. The number of carbonyl (C=O) groups excluding carboxylic acids is 1. The summed E-state index contributed by atoms with van der Waals surface area (Å²) in [5, 5.41) is 0. The average Bonchev–Trinajstić information content (AvgIpc) is 2.69. The minimum atomic E-state index is -3.57. The van der Waals surface area contributed by atoms with Crippen LogP contribution in [0, 0.1) is 5.82 Å². The van der Waals surface area contributed by atoms with Gasteiger partial charge in [-0.3, -0.25) is 4.79 Å². The van der Waals surface area contributed by atoms with Crippen molar-refractivity contribution in [2.24, 2.45) is 0 Å². The summed E-state index contributed by atoms with van der Waals surface area (Å²) in [5.74, 6) is -0.562. The molecule has 2 aromatic rings. The summed E-state index contributed by atoms with van der Waals surface area (Å²) in [7, 11) is -2.15. The van der Waals surface area contributed by atoms with Crippen molar-refractivity contribution in [1.82, 2.24) is 9.21 Å². The van der Waals surface area contributed by atoms with Crippen molar-refractivity contribution in [2.45, 2.75) is 6.04 Å². The average molecular weight is 405 g/mol. The lowest BCUT2D eigenvalue weighted by atomic mass is 10.1. The molecule has 28 heavy (non-hydrogen) atoms. The summed E-state index contributed by atoms with van der Waals surface area (Å²) < 4.78 is 39.4. The zero-order valence-electron chi connectivity index (χ0n) is 16.0. The second-order valence-electron chi connectivity index (χ2n) is 6.86. The van der Waals surface area contributed by atoms with E-state index in [4.69, 9.17) is 0 Å². The Morgan fingerprint density at radius 1 is 1.00 bits per heavy atom. The molecular formula is C20H24FN3O3S. The Labute approximate surface area is 165 Å². The van der Waals surface area contributed by atoms with Crippen molar-refractivity contribution in [2.75, 3.05) is 44.4 Å². The maximum absolute atomic E-state index is 14.0. The number of benzene rings is 2. The molecule has 1 amide bonds. The lowest BCUT2D eigenvalue weighted by Gasteiger charge is -2.38. The Morgan fingerprint density at radius 2 is 1.57 bits per heavy atom. The molecular weight excluding hydrogens is 381 g/mol. The Kier molecular flexibility index (Phi) is 6.00. The Balaban J connectivity index is 1.78. The Bertz CT molecular complexity index is 929. The predicted molar refractivity (Wildman–Crippen MR) is 107 cm³/mol. The lowest BCUT2D eigenvalue weighted by molar-refractivity contribution is -0.135. The van der Waals surface area contributed by atoms with Gasteiger partial charge >= 0.3 is 0 Å². The van der Waals surface area contributed by atoms with Gasteiger partial charge in [-0.2, -0.15) is 4.31 Å². The van der Waals surface area contributed by atoms with Crippen molar-refractivity contribution >= 4 is 21.6 Å². The summed E-state index contributed by atoms with van der Waals surface area (Å²) in [6.45, 7) is 1.76. The minimum absolute atomic E-state index is 0.271. The standard InChI is InChI=1S/C20H24FN3O3S/c1-22(28(2,26)27)19(16-8-4-3-5-9-16)20(25)24-14-12-23(13-15-24)18-11-7-6-10-17(18)21/h3-11,19H,12-15H2,1-2H3/t19-/m0/s1. The highest BCUT2D eigenvalue weighted by Gasteiger charge is 2.35. The minimum Gasteiger partial charge on any atom is -0.366 e. The topological polar surface area (TPSA) is 60.9 Å². The first-order valence-corrected chi connectivity index (χ1v) is 10.9. The summed E-state index contributed by atoms with van der Waals surface area (Å²) in [6, 6.07) is 14.5. The number of rotatable bonds is 5. The van der Waals surface area contributed by atoms with Crippen molar-refractivity contribution < 1.29 is 17.6 Å². The lowest BCUT2D eigenvalue weighted by Crippen LogP contribution is -2.52. The largest absolute Gasteiger partial charge is 0.366 e. The molecule has 8 heteroatoms. The maximum atomic E-state index is 14.0. The fourth-order valence-electron chi connectivity index (χ4n) is 3.38. The number of sulfonamides is 1. The number of likely N-dealkylation sites (N-methyl/N-ethyl adjacent to an activating group) is 1. The van der Waals surface area contributed by atoms with Crippen molar-refractivity contribution in [1.29, 1.82) is 0 Å². The van der Waals surface area contributed by atoms with E-state index >= 15 is 0 Å². The van der Waals surface area contributed by atoms with Crippen LogP contribution in [-0.2, 0) is 14.8 Å². The molecule has 0 aromatic heterocycles. The summed E-state index contributed by atoms with van der Waals surface area (Å²) >= 11 is 0. The molecule has 1 aliphatic heterocycles. The Hall–Kier alpha value is -2.45. The van der Waals surface area contributed by atoms with E-state index in [0.29, 0.717) is 37.4 Å². The van der Waals surface area contributed by atoms with E-state index in [1.807, 2.05) is 11.0 Å². The normalized spacial score (nSPS) is 16.3.